The van der Waals surface area contributed by atoms with Crippen LogP contribution in [0.3, 0.4) is 0 Å². The van der Waals surface area contributed by atoms with Gasteiger partial charge in [-0.2, -0.15) is 9.78 Å². The Morgan fingerprint density at radius 3 is 2.49 bits per heavy atom. The summed E-state index contributed by atoms with van der Waals surface area (Å²) in [6.45, 7) is 5.78. The average molecular weight is 609 g/mol. The van der Waals surface area contributed by atoms with Crippen LogP contribution in [0, 0.1) is 12.7 Å². The van der Waals surface area contributed by atoms with Crippen LogP contribution < -0.4 is 25.1 Å². The van der Waals surface area contributed by atoms with Gasteiger partial charge in [-0.25, -0.2) is 9.37 Å². The van der Waals surface area contributed by atoms with Gasteiger partial charge in [0.05, 0.1) is 31.3 Å². The molecule has 0 saturated carbocycles. The molecule has 9 nitrogen and oxygen atoms in total. The highest BCUT2D eigenvalue weighted by atomic mass is 19.1. The van der Waals surface area contributed by atoms with Crippen molar-refractivity contribution >= 4 is 28.7 Å². The topological polar surface area (TPSA) is 104 Å². The highest BCUT2D eigenvalue weighted by molar-refractivity contribution is 5.92. The summed E-state index contributed by atoms with van der Waals surface area (Å²) < 4.78 is 31.5. The molecule has 1 heterocycles. The molecule has 0 radical (unpaired) electrons. The first kappa shape index (κ1) is 30.9. The molecule has 0 spiro atoms. The Morgan fingerprint density at radius 2 is 1.76 bits per heavy atom. The van der Waals surface area contributed by atoms with E-state index in [0.717, 1.165) is 22.4 Å². The van der Waals surface area contributed by atoms with E-state index in [1.54, 1.807) is 49.6 Å². The van der Waals surface area contributed by atoms with Gasteiger partial charge in [0.15, 0.2) is 23.9 Å². The van der Waals surface area contributed by atoms with Gasteiger partial charge in [0.2, 0.25) is 0 Å². The van der Waals surface area contributed by atoms with Crippen LogP contribution in [-0.4, -0.2) is 42.6 Å². The molecular weight excluding hydrogens is 575 g/mol. The van der Waals surface area contributed by atoms with Gasteiger partial charge in [-0.15, -0.1) is 0 Å². The van der Waals surface area contributed by atoms with E-state index in [0.29, 0.717) is 39.5 Å². The number of nitrogens with one attached hydrogen (secondary N) is 1. The standard InChI is InChI=1S/C35H33FN4O5/c1-21(2)27-18-28(22(3)15-31(27)43-4)34-39-29-12-7-6-11-26(29)35(42)40(34)37-19-23-13-14-30(32(16-23)44-5)45-20-33(41)38-25-10-8-9-24(36)17-25/h6-19,21H,20H2,1-5H3,(H,38,41). The zero-order chi connectivity index (χ0) is 32.1. The van der Waals surface area contributed by atoms with Crippen molar-refractivity contribution in [2.75, 3.05) is 26.1 Å². The summed E-state index contributed by atoms with van der Waals surface area (Å²) in [5.74, 6) is 1.10. The van der Waals surface area contributed by atoms with Crippen LogP contribution in [-0.2, 0) is 4.79 Å². The molecule has 5 rings (SSSR count). The largest absolute Gasteiger partial charge is 0.496 e. The van der Waals surface area contributed by atoms with Gasteiger partial charge in [0, 0.05) is 11.3 Å². The smallest absolute Gasteiger partial charge is 0.282 e. The molecule has 0 aliphatic carbocycles. The SMILES string of the molecule is COc1cc(C=Nn2c(-c3cc(C(C)C)c(OC)cc3C)nc3ccccc3c2=O)ccc1OCC(=O)Nc1cccc(F)c1. The number of fused-ring (bicyclic) bond motifs is 1. The Bertz CT molecular complexity index is 1970. The number of benzene rings is 4. The van der Waals surface area contributed by atoms with E-state index >= 15 is 0 Å². The first-order valence-corrected chi connectivity index (χ1v) is 14.3. The molecule has 0 fully saturated rings. The summed E-state index contributed by atoms with van der Waals surface area (Å²) in [7, 11) is 3.12. The first-order valence-electron chi connectivity index (χ1n) is 14.3. The monoisotopic (exact) mass is 608 g/mol. The van der Waals surface area contributed by atoms with Crippen molar-refractivity contribution in [1.29, 1.82) is 0 Å². The number of ether oxygens (including phenoxy) is 3. The predicted molar refractivity (Wildman–Crippen MR) is 173 cm³/mol. The molecule has 230 valence electrons. The van der Waals surface area contributed by atoms with Crippen LogP contribution in [0.1, 0.15) is 36.5 Å². The number of hydrogen-bond donors (Lipinski definition) is 1. The fourth-order valence-electron chi connectivity index (χ4n) is 4.89. The third-order valence-corrected chi connectivity index (χ3v) is 7.17. The normalized spacial score (nSPS) is 11.3. The quantitative estimate of drug-likeness (QED) is 0.180. The number of aryl methyl sites for hydroxylation is 1. The number of carbonyl (C=O) groups excluding carboxylic acids is 1. The third kappa shape index (κ3) is 6.85. The average Bonchev–Trinajstić information content (AvgIpc) is 3.03. The molecule has 45 heavy (non-hydrogen) atoms. The van der Waals surface area contributed by atoms with Crippen LogP contribution in [0.4, 0.5) is 10.1 Å². The molecule has 1 aromatic heterocycles. The molecule has 1 N–H and O–H groups in total. The van der Waals surface area contributed by atoms with Gasteiger partial charge in [0.1, 0.15) is 11.6 Å². The highest BCUT2D eigenvalue weighted by Crippen LogP contribution is 2.34. The second-order valence-corrected chi connectivity index (χ2v) is 10.6. The van der Waals surface area contributed by atoms with Gasteiger partial charge >= 0.3 is 0 Å². The molecule has 10 heteroatoms. The zero-order valence-electron chi connectivity index (χ0n) is 25.6. The third-order valence-electron chi connectivity index (χ3n) is 7.17. The van der Waals surface area contributed by atoms with E-state index in [4.69, 9.17) is 19.2 Å². The van der Waals surface area contributed by atoms with E-state index in [-0.39, 0.29) is 18.1 Å². The lowest BCUT2D eigenvalue weighted by molar-refractivity contribution is -0.118. The van der Waals surface area contributed by atoms with Crippen LogP contribution in [0.15, 0.2) is 88.8 Å². The summed E-state index contributed by atoms with van der Waals surface area (Å²) in [5, 5.41) is 7.61. The van der Waals surface area contributed by atoms with Crippen molar-refractivity contribution in [3.63, 3.8) is 0 Å². The summed E-state index contributed by atoms with van der Waals surface area (Å²) in [6, 6.07) is 21.7. The lowest BCUT2D eigenvalue weighted by atomic mass is 9.96. The zero-order valence-corrected chi connectivity index (χ0v) is 25.6. The lowest BCUT2D eigenvalue weighted by Gasteiger charge is -2.17. The number of hydrogen-bond acceptors (Lipinski definition) is 7. The molecule has 0 aliphatic rings. The number of amides is 1. The number of rotatable bonds is 10. The summed E-state index contributed by atoms with van der Waals surface area (Å²) in [5.41, 5.74) is 3.82. The molecule has 0 unspecified atom stereocenters. The maximum atomic E-state index is 13.8. The van der Waals surface area contributed by atoms with Crippen LogP contribution >= 0.6 is 0 Å². The van der Waals surface area contributed by atoms with Gasteiger partial charge in [-0.3, -0.25) is 9.59 Å². The van der Waals surface area contributed by atoms with E-state index in [2.05, 4.69) is 24.3 Å². The molecule has 0 saturated heterocycles. The molecule has 0 aliphatic heterocycles. The molecule has 5 aromatic rings. The fraction of sp³-hybridized carbons (Fsp3) is 0.200. The molecule has 1 amide bonds. The van der Waals surface area contributed by atoms with Gasteiger partial charge in [-0.05, 0) is 90.2 Å². The minimum absolute atomic E-state index is 0.170. The van der Waals surface area contributed by atoms with Crippen LogP contribution in [0.5, 0.6) is 17.2 Å². The van der Waals surface area contributed by atoms with Crippen molar-refractivity contribution in [1.82, 2.24) is 9.66 Å². The Balaban J connectivity index is 1.47. The minimum Gasteiger partial charge on any atom is -0.496 e. The molecule has 0 bridgehead atoms. The highest BCUT2D eigenvalue weighted by Gasteiger charge is 2.18. The van der Waals surface area contributed by atoms with Crippen LogP contribution in [0.25, 0.3) is 22.3 Å². The van der Waals surface area contributed by atoms with Crippen molar-refractivity contribution in [3.8, 4) is 28.6 Å². The number of aromatic nitrogens is 2. The number of carbonyl (C=O) groups is 1. The van der Waals surface area contributed by atoms with E-state index in [9.17, 15) is 14.0 Å². The van der Waals surface area contributed by atoms with Crippen molar-refractivity contribution in [3.05, 3.63) is 112 Å². The molecule has 0 atom stereocenters. The summed E-state index contributed by atoms with van der Waals surface area (Å²) >= 11 is 0. The number of nitrogens with zero attached hydrogens (tertiary/aromatic N) is 3. The Hall–Kier alpha value is -5.51. The number of para-hydroxylation sites is 1. The summed E-state index contributed by atoms with van der Waals surface area (Å²) in [6.07, 6.45) is 1.53. The van der Waals surface area contributed by atoms with Crippen molar-refractivity contribution < 1.29 is 23.4 Å². The van der Waals surface area contributed by atoms with E-state index in [1.165, 1.54) is 36.2 Å². The summed E-state index contributed by atoms with van der Waals surface area (Å²) in [4.78, 5) is 31.0. The van der Waals surface area contributed by atoms with Gasteiger partial charge in [-0.1, -0.05) is 32.0 Å². The second kappa shape index (κ2) is 13.4. The Labute approximate surface area is 259 Å². The van der Waals surface area contributed by atoms with Crippen molar-refractivity contribution in [2.24, 2.45) is 5.10 Å². The Morgan fingerprint density at radius 1 is 0.978 bits per heavy atom. The molecular formula is C35H33FN4O5. The molecule has 4 aromatic carbocycles. The van der Waals surface area contributed by atoms with Crippen molar-refractivity contribution in [2.45, 2.75) is 26.7 Å². The lowest BCUT2D eigenvalue weighted by Crippen LogP contribution is -2.21. The maximum Gasteiger partial charge on any atom is 0.282 e. The van der Waals surface area contributed by atoms with Gasteiger partial charge < -0.3 is 19.5 Å². The van der Waals surface area contributed by atoms with Crippen LogP contribution in [0.2, 0.25) is 0 Å². The minimum atomic E-state index is -0.460. The first-order chi connectivity index (χ1) is 21.7. The number of halogens is 1. The van der Waals surface area contributed by atoms with Gasteiger partial charge in [0.25, 0.3) is 11.5 Å². The van der Waals surface area contributed by atoms with E-state index < -0.39 is 11.7 Å². The number of methoxy groups -OCH3 is 2. The Kier molecular flexibility index (Phi) is 9.22. The second-order valence-electron chi connectivity index (χ2n) is 10.6. The predicted octanol–water partition coefficient (Wildman–Crippen LogP) is 6.55. The fourth-order valence-corrected chi connectivity index (χ4v) is 4.89. The van der Waals surface area contributed by atoms with E-state index in [1.807, 2.05) is 25.1 Å². The maximum absolute atomic E-state index is 13.8. The number of anilines is 1.